The van der Waals surface area contributed by atoms with Crippen molar-refractivity contribution >= 4 is 29.9 Å². The summed E-state index contributed by atoms with van der Waals surface area (Å²) in [7, 11) is 0. The Bertz CT molecular complexity index is 607. The van der Waals surface area contributed by atoms with Crippen molar-refractivity contribution in [2.45, 2.75) is 58.3 Å². The largest absolute Gasteiger partial charge is 0.463 e. The van der Waals surface area contributed by atoms with E-state index in [0.717, 1.165) is 27.7 Å². The number of hydrogen-bond acceptors (Lipinski definition) is 10. The van der Waals surface area contributed by atoms with E-state index in [9.17, 15) is 24.0 Å². The number of nitrogens with one attached hydrogen (secondary N) is 1. The summed E-state index contributed by atoms with van der Waals surface area (Å²) in [4.78, 5) is 56.9. The number of amides is 2. The van der Waals surface area contributed by atoms with Crippen LogP contribution in [0.1, 0.15) is 27.7 Å². The Morgan fingerprint density at radius 1 is 0.815 bits per heavy atom. The van der Waals surface area contributed by atoms with Gasteiger partial charge in [-0.2, -0.15) is 0 Å². The molecule has 0 saturated carbocycles. The molecule has 0 spiro atoms. The molecule has 0 bridgehead atoms. The molecule has 0 aliphatic carbocycles. The van der Waals surface area contributed by atoms with Crippen LogP contribution in [0.2, 0.25) is 0 Å². The SMILES string of the molecule is CC(=O)OC[C@H]1O[C@@H](NC(N)=O)[C@H](OC(C)=O)[C@@H](OC(C)=O)[C@H]1OC(C)=O. The molecule has 1 saturated heterocycles. The van der Waals surface area contributed by atoms with E-state index in [0.29, 0.717) is 0 Å². The summed E-state index contributed by atoms with van der Waals surface area (Å²) in [5.41, 5.74) is 5.10. The van der Waals surface area contributed by atoms with Gasteiger partial charge in [0, 0.05) is 27.7 Å². The summed E-state index contributed by atoms with van der Waals surface area (Å²) < 4.78 is 25.8. The Morgan fingerprint density at radius 2 is 1.30 bits per heavy atom. The summed E-state index contributed by atoms with van der Waals surface area (Å²) in [6.45, 7) is 4.02. The van der Waals surface area contributed by atoms with Crippen molar-refractivity contribution < 1.29 is 47.7 Å². The van der Waals surface area contributed by atoms with E-state index in [1.807, 2.05) is 0 Å². The van der Waals surface area contributed by atoms with Gasteiger partial charge in [0.05, 0.1) is 0 Å². The molecule has 1 aliphatic rings. The fourth-order valence-electron chi connectivity index (χ4n) is 2.48. The lowest BCUT2D eigenvalue weighted by atomic mass is 9.97. The fraction of sp³-hybridized carbons (Fsp3) is 0.667. The third-order valence-corrected chi connectivity index (χ3v) is 3.28. The van der Waals surface area contributed by atoms with Crippen LogP contribution in [0.25, 0.3) is 0 Å². The first-order valence-corrected chi connectivity index (χ1v) is 7.87. The topological polar surface area (TPSA) is 170 Å². The molecule has 152 valence electrons. The molecule has 0 aromatic rings. The van der Waals surface area contributed by atoms with Crippen molar-refractivity contribution in [3.63, 3.8) is 0 Å². The van der Waals surface area contributed by atoms with Gasteiger partial charge in [0.25, 0.3) is 0 Å². The predicted molar refractivity (Wildman–Crippen MR) is 84.7 cm³/mol. The van der Waals surface area contributed by atoms with Gasteiger partial charge in [0.1, 0.15) is 12.7 Å². The van der Waals surface area contributed by atoms with Crippen LogP contribution in [-0.2, 0) is 42.9 Å². The highest BCUT2D eigenvalue weighted by atomic mass is 16.7. The van der Waals surface area contributed by atoms with Gasteiger partial charge in [0.2, 0.25) is 0 Å². The summed E-state index contributed by atoms with van der Waals surface area (Å²) in [6.07, 6.45) is -6.53. The van der Waals surface area contributed by atoms with Crippen LogP contribution in [0.3, 0.4) is 0 Å². The number of ether oxygens (including phenoxy) is 5. The van der Waals surface area contributed by atoms with E-state index in [2.05, 4.69) is 5.32 Å². The molecule has 12 heteroatoms. The van der Waals surface area contributed by atoms with E-state index in [-0.39, 0.29) is 0 Å². The van der Waals surface area contributed by atoms with Crippen LogP contribution >= 0.6 is 0 Å². The standard InChI is InChI=1S/C15H22N2O10/c1-6(18)23-5-10-11(24-7(2)19)12(25-8(3)20)13(26-9(4)21)14(27-10)17-15(16)22/h10-14H,5H2,1-4H3,(H3,16,17,22)/t10-,11+,12+,13-,14-/m1/s1. The molecule has 3 N–H and O–H groups in total. The average molecular weight is 390 g/mol. The van der Waals surface area contributed by atoms with Gasteiger partial charge in [-0.25, -0.2) is 4.79 Å². The van der Waals surface area contributed by atoms with Crippen molar-refractivity contribution in [3.05, 3.63) is 0 Å². The van der Waals surface area contributed by atoms with Crippen LogP contribution in [0.4, 0.5) is 4.79 Å². The van der Waals surface area contributed by atoms with Gasteiger partial charge in [-0.15, -0.1) is 0 Å². The Balaban J connectivity index is 3.29. The first kappa shape index (κ1) is 22.2. The van der Waals surface area contributed by atoms with Gasteiger partial charge in [0.15, 0.2) is 24.5 Å². The number of esters is 4. The smallest absolute Gasteiger partial charge is 0.314 e. The van der Waals surface area contributed by atoms with Crippen LogP contribution in [0.5, 0.6) is 0 Å². The fourth-order valence-corrected chi connectivity index (χ4v) is 2.48. The van der Waals surface area contributed by atoms with Crippen molar-refractivity contribution in [1.82, 2.24) is 5.32 Å². The minimum absolute atomic E-state index is 0.394. The van der Waals surface area contributed by atoms with Crippen molar-refractivity contribution in [3.8, 4) is 0 Å². The second kappa shape index (κ2) is 9.71. The van der Waals surface area contributed by atoms with Gasteiger partial charge in [-0.05, 0) is 0 Å². The number of carbonyl (C=O) groups excluding carboxylic acids is 5. The summed E-state index contributed by atoms with van der Waals surface area (Å²) >= 11 is 0. The van der Waals surface area contributed by atoms with Crippen LogP contribution in [0, 0.1) is 0 Å². The maximum atomic E-state index is 11.5. The second-order valence-corrected chi connectivity index (χ2v) is 5.63. The molecule has 0 aromatic heterocycles. The predicted octanol–water partition coefficient (Wildman–Crippen LogP) is -1.26. The highest BCUT2D eigenvalue weighted by Crippen LogP contribution is 2.28. The summed E-state index contributed by atoms with van der Waals surface area (Å²) in [6, 6.07) is -1.02. The number of carbonyl (C=O) groups is 5. The number of primary amides is 1. The molecule has 0 aromatic carbocycles. The molecular weight excluding hydrogens is 368 g/mol. The van der Waals surface area contributed by atoms with Gasteiger partial charge in [-0.3, -0.25) is 19.2 Å². The molecule has 1 heterocycles. The third kappa shape index (κ3) is 7.09. The Labute approximate surface area is 154 Å². The Hall–Kier alpha value is -2.89. The van der Waals surface area contributed by atoms with E-state index >= 15 is 0 Å². The maximum Gasteiger partial charge on any atom is 0.314 e. The zero-order valence-corrected chi connectivity index (χ0v) is 15.3. The lowest BCUT2D eigenvalue weighted by Gasteiger charge is -2.44. The molecule has 27 heavy (non-hydrogen) atoms. The van der Waals surface area contributed by atoms with E-state index < -0.39 is 67.2 Å². The van der Waals surface area contributed by atoms with Gasteiger partial charge in [-0.1, -0.05) is 0 Å². The maximum absolute atomic E-state index is 11.5. The zero-order chi connectivity index (χ0) is 20.7. The summed E-state index contributed by atoms with van der Waals surface area (Å²) in [5, 5.41) is 2.20. The lowest BCUT2D eigenvalue weighted by Crippen LogP contribution is -2.66. The molecule has 12 nitrogen and oxygen atoms in total. The van der Waals surface area contributed by atoms with Crippen molar-refractivity contribution in [1.29, 1.82) is 0 Å². The minimum Gasteiger partial charge on any atom is -0.463 e. The molecule has 1 rings (SSSR count). The van der Waals surface area contributed by atoms with Crippen LogP contribution in [0.15, 0.2) is 0 Å². The van der Waals surface area contributed by atoms with E-state index in [1.165, 1.54) is 0 Å². The number of hydrogen-bond donors (Lipinski definition) is 2. The van der Waals surface area contributed by atoms with Crippen LogP contribution < -0.4 is 11.1 Å². The monoisotopic (exact) mass is 390 g/mol. The quantitative estimate of drug-likeness (QED) is 0.412. The minimum atomic E-state index is -1.38. The average Bonchev–Trinajstić information content (AvgIpc) is 2.49. The van der Waals surface area contributed by atoms with Crippen molar-refractivity contribution in [2.24, 2.45) is 5.73 Å². The lowest BCUT2D eigenvalue weighted by molar-refractivity contribution is -0.255. The van der Waals surface area contributed by atoms with Crippen molar-refractivity contribution in [2.75, 3.05) is 6.61 Å². The Kier molecular flexibility index (Phi) is 7.97. The van der Waals surface area contributed by atoms with E-state index in [4.69, 9.17) is 29.4 Å². The molecular formula is C15H22N2O10. The number of urea groups is 1. The van der Waals surface area contributed by atoms with Gasteiger partial charge >= 0.3 is 29.9 Å². The zero-order valence-electron chi connectivity index (χ0n) is 15.3. The first-order chi connectivity index (χ1) is 12.5. The number of nitrogens with two attached hydrogens (primary N) is 1. The first-order valence-electron chi connectivity index (χ1n) is 7.87. The normalized spacial score (nSPS) is 27.0. The molecule has 0 radical (unpaired) electrons. The molecule has 5 atom stereocenters. The van der Waals surface area contributed by atoms with Crippen LogP contribution in [-0.4, -0.2) is 67.2 Å². The van der Waals surface area contributed by atoms with E-state index in [1.54, 1.807) is 0 Å². The second-order valence-electron chi connectivity index (χ2n) is 5.63. The summed E-state index contributed by atoms with van der Waals surface area (Å²) in [5.74, 6) is -2.96. The highest BCUT2D eigenvalue weighted by Gasteiger charge is 2.52. The Morgan fingerprint density at radius 3 is 1.74 bits per heavy atom. The molecule has 0 unspecified atom stereocenters. The molecule has 1 fully saturated rings. The third-order valence-electron chi connectivity index (χ3n) is 3.28. The number of rotatable bonds is 6. The van der Waals surface area contributed by atoms with Gasteiger partial charge < -0.3 is 34.7 Å². The highest BCUT2D eigenvalue weighted by molar-refractivity contribution is 5.72. The molecule has 1 aliphatic heterocycles. The molecule has 2 amide bonds.